The molecular formula is C15H22N4O4. The predicted octanol–water partition coefficient (Wildman–Crippen LogP) is 2.48. The average molecular weight is 322 g/mol. The van der Waals surface area contributed by atoms with E-state index in [-0.39, 0.29) is 17.3 Å². The van der Waals surface area contributed by atoms with Gasteiger partial charge in [-0.25, -0.2) is 9.78 Å². The van der Waals surface area contributed by atoms with E-state index in [0.29, 0.717) is 31.7 Å². The van der Waals surface area contributed by atoms with Crippen LogP contribution < -0.4 is 10.2 Å². The van der Waals surface area contributed by atoms with Gasteiger partial charge in [0, 0.05) is 43.7 Å². The molecule has 1 saturated heterocycles. The van der Waals surface area contributed by atoms with Crippen LogP contribution in [0.3, 0.4) is 0 Å². The van der Waals surface area contributed by atoms with E-state index in [1.807, 2.05) is 25.7 Å². The fraction of sp³-hybridized carbons (Fsp3) is 0.600. The maximum absolute atomic E-state index is 11.8. The van der Waals surface area contributed by atoms with E-state index in [0.717, 1.165) is 0 Å². The highest BCUT2D eigenvalue weighted by molar-refractivity contribution is 5.68. The number of rotatable bonds is 3. The Morgan fingerprint density at radius 2 is 2.09 bits per heavy atom. The second kappa shape index (κ2) is 6.80. The van der Waals surface area contributed by atoms with E-state index in [1.54, 1.807) is 12.3 Å². The van der Waals surface area contributed by atoms with Gasteiger partial charge in [-0.2, -0.15) is 0 Å². The van der Waals surface area contributed by atoms with Crippen LogP contribution in [0, 0.1) is 10.1 Å². The summed E-state index contributed by atoms with van der Waals surface area (Å²) in [5.74, 6) is 0.370. The third-order valence-corrected chi connectivity index (χ3v) is 3.46. The van der Waals surface area contributed by atoms with Crippen molar-refractivity contribution in [1.82, 2.24) is 10.3 Å². The topological polar surface area (TPSA) is 97.6 Å². The largest absolute Gasteiger partial charge is 0.446 e. The number of piperidine rings is 1. The SMILES string of the molecule is CC(C)(C)NC(=O)OC1CCN(c2ncccc2[N+](=O)[O-])CC1. The number of aromatic nitrogens is 1. The minimum atomic E-state index is -0.431. The lowest BCUT2D eigenvalue weighted by molar-refractivity contribution is -0.384. The highest BCUT2D eigenvalue weighted by atomic mass is 16.6. The second-order valence-corrected chi connectivity index (χ2v) is 6.57. The molecule has 0 radical (unpaired) electrons. The molecule has 1 aliphatic heterocycles. The van der Waals surface area contributed by atoms with E-state index < -0.39 is 11.0 Å². The van der Waals surface area contributed by atoms with Gasteiger partial charge in [-0.1, -0.05) is 0 Å². The van der Waals surface area contributed by atoms with Crippen molar-refractivity contribution in [3.63, 3.8) is 0 Å². The molecule has 1 fully saturated rings. The summed E-state index contributed by atoms with van der Waals surface area (Å²) in [6, 6.07) is 3.00. The van der Waals surface area contributed by atoms with Gasteiger partial charge in [-0.05, 0) is 26.8 Å². The molecule has 0 unspecified atom stereocenters. The van der Waals surface area contributed by atoms with E-state index in [1.165, 1.54) is 6.07 Å². The number of hydrogen-bond acceptors (Lipinski definition) is 6. The fourth-order valence-electron chi connectivity index (χ4n) is 2.45. The zero-order valence-corrected chi connectivity index (χ0v) is 13.6. The standard InChI is InChI=1S/C15H22N4O4/c1-15(2,3)17-14(20)23-11-6-9-18(10-7-11)13-12(19(21)22)5-4-8-16-13/h4-5,8,11H,6-7,9-10H2,1-3H3,(H,17,20). The first-order valence-electron chi connectivity index (χ1n) is 7.59. The molecule has 1 aromatic rings. The molecule has 0 aliphatic carbocycles. The highest BCUT2D eigenvalue weighted by Gasteiger charge is 2.28. The number of carbonyl (C=O) groups excluding carboxylic acids is 1. The van der Waals surface area contributed by atoms with Crippen molar-refractivity contribution >= 4 is 17.6 Å². The van der Waals surface area contributed by atoms with Crippen molar-refractivity contribution in [2.75, 3.05) is 18.0 Å². The Morgan fingerprint density at radius 3 is 2.65 bits per heavy atom. The van der Waals surface area contributed by atoms with E-state index in [2.05, 4.69) is 10.3 Å². The van der Waals surface area contributed by atoms with Crippen molar-refractivity contribution in [2.45, 2.75) is 45.3 Å². The number of nitrogens with zero attached hydrogens (tertiary/aromatic N) is 3. The Hall–Kier alpha value is -2.38. The zero-order valence-electron chi connectivity index (χ0n) is 13.6. The number of hydrogen-bond donors (Lipinski definition) is 1. The fourth-order valence-corrected chi connectivity index (χ4v) is 2.45. The van der Waals surface area contributed by atoms with Gasteiger partial charge in [0.1, 0.15) is 6.10 Å². The minimum absolute atomic E-state index is 0.00246. The summed E-state index contributed by atoms with van der Waals surface area (Å²) < 4.78 is 5.40. The molecular weight excluding hydrogens is 300 g/mol. The maximum atomic E-state index is 11.8. The van der Waals surface area contributed by atoms with Crippen LogP contribution in [0.2, 0.25) is 0 Å². The van der Waals surface area contributed by atoms with Crippen molar-refractivity contribution in [3.05, 3.63) is 28.4 Å². The van der Waals surface area contributed by atoms with E-state index in [4.69, 9.17) is 4.74 Å². The first-order valence-corrected chi connectivity index (χ1v) is 7.59. The number of amides is 1. The molecule has 0 spiro atoms. The molecule has 23 heavy (non-hydrogen) atoms. The van der Waals surface area contributed by atoms with E-state index >= 15 is 0 Å². The van der Waals surface area contributed by atoms with Gasteiger partial charge in [0.25, 0.3) is 0 Å². The molecule has 0 atom stereocenters. The van der Waals surface area contributed by atoms with Crippen molar-refractivity contribution < 1.29 is 14.5 Å². The Morgan fingerprint density at radius 1 is 1.43 bits per heavy atom. The Bertz CT molecular complexity index is 577. The van der Waals surface area contributed by atoms with Crippen LogP contribution in [0.15, 0.2) is 18.3 Å². The average Bonchev–Trinajstić information content (AvgIpc) is 2.46. The Balaban J connectivity index is 1.92. The monoisotopic (exact) mass is 322 g/mol. The molecule has 2 rings (SSSR count). The maximum Gasteiger partial charge on any atom is 0.407 e. The molecule has 1 amide bonds. The Kier molecular flexibility index (Phi) is 5.02. The highest BCUT2D eigenvalue weighted by Crippen LogP contribution is 2.28. The third kappa shape index (κ3) is 4.80. The smallest absolute Gasteiger partial charge is 0.407 e. The van der Waals surface area contributed by atoms with Gasteiger partial charge in [0.05, 0.1) is 4.92 Å². The van der Waals surface area contributed by atoms with Crippen LogP contribution in [0.4, 0.5) is 16.3 Å². The van der Waals surface area contributed by atoms with Crippen LogP contribution in [0.5, 0.6) is 0 Å². The lowest BCUT2D eigenvalue weighted by Crippen LogP contribution is -2.44. The minimum Gasteiger partial charge on any atom is -0.446 e. The van der Waals surface area contributed by atoms with Crippen LogP contribution in [-0.4, -0.2) is 40.7 Å². The molecule has 126 valence electrons. The van der Waals surface area contributed by atoms with Crippen molar-refractivity contribution in [1.29, 1.82) is 0 Å². The number of ether oxygens (including phenoxy) is 1. The van der Waals surface area contributed by atoms with Gasteiger partial charge in [0.2, 0.25) is 5.82 Å². The predicted molar refractivity (Wildman–Crippen MR) is 85.5 cm³/mol. The molecule has 2 heterocycles. The zero-order chi connectivity index (χ0) is 17.0. The number of anilines is 1. The molecule has 1 N–H and O–H groups in total. The van der Waals surface area contributed by atoms with Crippen LogP contribution in [-0.2, 0) is 4.74 Å². The molecule has 8 nitrogen and oxygen atoms in total. The summed E-state index contributed by atoms with van der Waals surface area (Å²) in [6.07, 6.45) is 2.16. The van der Waals surface area contributed by atoms with Crippen LogP contribution in [0.1, 0.15) is 33.6 Å². The number of nitrogens with one attached hydrogen (secondary N) is 1. The van der Waals surface area contributed by atoms with Crippen molar-refractivity contribution in [3.8, 4) is 0 Å². The number of alkyl carbamates (subject to hydrolysis) is 1. The quantitative estimate of drug-likeness (QED) is 0.678. The number of pyridine rings is 1. The van der Waals surface area contributed by atoms with Gasteiger partial charge in [-0.3, -0.25) is 10.1 Å². The molecule has 1 aromatic heterocycles. The van der Waals surface area contributed by atoms with Crippen LogP contribution in [0.25, 0.3) is 0 Å². The normalized spacial score (nSPS) is 16.0. The lowest BCUT2D eigenvalue weighted by atomic mass is 10.1. The van der Waals surface area contributed by atoms with E-state index in [9.17, 15) is 14.9 Å². The number of carbonyl (C=O) groups is 1. The molecule has 0 bridgehead atoms. The van der Waals surface area contributed by atoms with Crippen LogP contribution >= 0.6 is 0 Å². The van der Waals surface area contributed by atoms with Gasteiger partial charge in [0.15, 0.2) is 0 Å². The summed E-state index contributed by atoms with van der Waals surface area (Å²) in [4.78, 5) is 28.4. The first kappa shape index (κ1) is 17.0. The number of nitro groups is 1. The summed E-state index contributed by atoms with van der Waals surface area (Å²) >= 11 is 0. The summed E-state index contributed by atoms with van der Waals surface area (Å²) in [5, 5.41) is 13.8. The molecule has 0 aromatic carbocycles. The molecule has 0 saturated carbocycles. The summed E-state index contributed by atoms with van der Waals surface area (Å²) in [5.41, 5.74) is -0.343. The van der Waals surface area contributed by atoms with Crippen molar-refractivity contribution in [2.24, 2.45) is 0 Å². The second-order valence-electron chi connectivity index (χ2n) is 6.57. The van der Waals surface area contributed by atoms with Gasteiger partial charge < -0.3 is 15.0 Å². The van der Waals surface area contributed by atoms with Gasteiger partial charge in [-0.15, -0.1) is 0 Å². The Labute approximate surface area is 135 Å². The summed E-state index contributed by atoms with van der Waals surface area (Å²) in [6.45, 7) is 6.78. The lowest BCUT2D eigenvalue weighted by Gasteiger charge is -2.32. The van der Waals surface area contributed by atoms with Gasteiger partial charge >= 0.3 is 11.8 Å². The molecule has 1 aliphatic rings. The first-order chi connectivity index (χ1) is 10.8. The third-order valence-electron chi connectivity index (χ3n) is 3.46. The summed E-state index contributed by atoms with van der Waals surface area (Å²) in [7, 11) is 0. The molecule has 8 heteroatoms.